The van der Waals surface area contributed by atoms with Crippen LogP contribution < -0.4 is 5.32 Å². The van der Waals surface area contributed by atoms with Crippen LogP contribution in [-0.2, 0) is 4.74 Å². The van der Waals surface area contributed by atoms with Crippen LogP contribution in [0.3, 0.4) is 0 Å². The Kier molecular flexibility index (Phi) is 6.80. The zero-order chi connectivity index (χ0) is 16.7. The van der Waals surface area contributed by atoms with E-state index >= 15 is 0 Å². The lowest BCUT2D eigenvalue weighted by molar-refractivity contribution is 0.0545. The molecular formula is C17H28N4O2. The molecule has 128 valence electrons. The minimum Gasteiger partial charge on any atom is -0.380 e. The summed E-state index contributed by atoms with van der Waals surface area (Å²) in [4.78, 5) is 20.9. The topological polar surface area (TPSA) is 57.7 Å². The number of aryl methyl sites for hydroxylation is 1. The molecule has 23 heavy (non-hydrogen) atoms. The van der Waals surface area contributed by atoms with Crippen LogP contribution in [0.2, 0.25) is 0 Å². The number of amides is 2. The predicted molar refractivity (Wildman–Crippen MR) is 91.7 cm³/mol. The van der Waals surface area contributed by atoms with Gasteiger partial charge in [0.15, 0.2) is 0 Å². The van der Waals surface area contributed by atoms with E-state index in [0.717, 1.165) is 57.1 Å². The third kappa shape index (κ3) is 4.91. The molecule has 2 rings (SSSR count). The molecule has 0 aliphatic carbocycles. The quantitative estimate of drug-likeness (QED) is 0.818. The van der Waals surface area contributed by atoms with Gasteiger partial charge in [0.25, 0.3) is 0 Å². The molecular weight excluding hydrogens is 292 g/mol. The zero-order valence-corrected chi connectivity index (χ0v) is 14.4. The molecule has 0 spiro atoms. The summed E-state index contributed by atoms with van der Waals surface area (Å²) in [7, 11) is 0. The number of aromatic nitrogens is 1. The Hall–Kier alpha value is -1.66. The number of hydrogen-bond donors (Lipinski definition) is 1. The monoisotopic (exact) mass is 320 g/mol. The van der Waals surface area contributed by atoms with Crippen molar-refractivity contribution in [3.05, 3.63) is 24.0 Å². The zero-order valence-electron chi connectivity index (χ0n) is 14.4. The first-order chi connectivity index (χ1) is 11.2. The molecule has 1 aliphatic heterocycles. The highest BCUT2D eigenvalue weighted by molar-refractivity contribution is 5.90. The van der Waals surface area contributed by atoms with E-state index in [2.05, 4.69) is 22.1 Å². The van der Waals surface area contributed by atoms with Crippen molar-refractivity contribution in [1.82, 2.24) is 14.8 Å². The van der Waals surface area contributed by atoms with Crippen LogP contribution in [0.15, 0.2) is 18.5 Å². The number of nitrogens with one attached hydrogen (secondary N) is 1. The van der Waals surface area contributed by atoms with Gasteiger partial charge in [-0.05, 0) is 31.9 Å². The van der Waals surface area contributed by atoms with Gasteiger partial charge in [0, 0.05) is 56.9 Å². The molecule has 0 aromatic carbocycles. The highest BCUT2D eigenvalue weighted by atomic mass is 16.5. The van der Waals surface area contributed by atoms with Gasteiger partial charge in [0.2, 0.25) is 0 Å². The van der Waals surface area contributed by atoms with Crippen LogP contribution in [0.4, 0.5) is 10.5 Å². The molecule has 6 heteroatoms. The van der Waals surface area contributed by atoms with Crippen LogP contribution in [-0.4, -0.2) is 66.2 Å². The molecule has 1 aliphatic rings. The Labute approximate surface area is 138 Å². The number of nitrogens with zero attached hydrogens (tertiary/aromatic N) is 3. The number of urea groups is 1. The molecule has 1 fully saturated rings. The molecule has 1 N–H and O–H groups in total. The number of pyridine rings is 1. The molecule has 1 saturated heterocycles. The summed E-state index contributed by atoms with van der Waals surface area (Å²) in [6, 6.07) is 2.21. The van der Waals surface area contributed by atoms with E-state index in [4.69, 9.17) is 4.74 Å². The van der Waals surface area contributed by atoms with Crippen molar-refractivity contribution in [2.75, 3.05) is 44.7 Å². The van der Waals surface area contributed by atoms with Crippen molar-refractivity contribution >= 4 is 11.7 Å². The van der Waals surface area contributed by atoms with Gasteiger partial charge in [-0.1, -0.05) is 6.92 Å². The fourth-order valence-corrected chi connectivity index (χ4v) is 2.89. The van der Waals surface area contributed by atoms with Crippen molar-refractivity contribution in [2.24, 2.45) is 0 Å². The molecule has 1 aromatic rings. The normalized spacial score (nSPS) is 18.9. The predicted octanol–water partition coefficient (Wildman–Crippen LogP) is 2.35. The van der Waals surface area contributed by atoms with Crippen LogP contribution in [0, 0.1) is 6.92 Å². The highest BCUT2D eigenvalue weighted by Gasteiger charge is 2.28. The largest absolute Gasteiger partial charge is 0.380 e. The number of rotatable bonds is 6. The summed E-state index contributed by atoms with van der Waals surface area (Å²) in [5.74, 6) is 0. The van der Waals surface area contributed by atoms with Gasteiger partial charge < -0.3 is 15.0 Å². The second-order valence-corrected chi connectivity index (χ2v) is 5.86. The van der Waals surface area contributed by atoms with Crippen LogP contribution >= 0.6 is 0 Å². The number of piperazine rings is 1. The summed E-state index contributed by atoms with van der Waals surface area (Å²) in [6.45, 7) is 11.0. The van der Waals surface area contributed by atoms with Gasteiger partial charge in [-0.2, -0.15) is 0 Å². The molecule has 0 saturated carbocycles. The van der Waals surface area contributed by atoms with Crippen molar-refractivity contribution < 1.29 is 9.53 Å². The van der Waals surface area contributed by atoms with Crippen LogP contribution in [0.1, 0.15) is 25.8 Å². The summed E-state index contributed by atoms with van der Waals surface area (Å²) < 4.78 is 5.46. The molecule has 2 heterocycles. The second-order valence-electron chi connectivity index (χ2n) is 5.86. The summed E-state index contributed by atoms with van der Waals surface area (Å²) in [5, 5.41) is 3.00. The smallest absolute Gasteiger partial charge is 0.321 e. The standard InChI is InChI=1S/C17H28N4O2/c1-4-15-13-21(9-8-20(15)10-11-23-5-2)17(22)19-16-6-7-18-12-14(16)3/h6-7,12,15H,4-5,8-11,13H2,1-3H3,(H,18,19,22). The summed E-state index contributed by atoms with van der Waals surface area (Å²) >= 11 is 0. The minimum atomic E-state index is -0.0257. The van der Waals surface area contributed by atoms with Crippen LogP contribution in [0.25, 0.3) is 0 Å². The maximum Gasteiger partial charge on any atom is 0.321 e. The van der Waals surface area contributed by atoms with E-state index in [-0.39, 0.29) is 6.03 Å². The van der Waals surface area contributed by atoms with Crippen molar-refractivity contribution in [3.8, 4) is 0 Å². The van der Waals surface area contributed by atoms with Crippen LogP contribution in [0.5, 0.6) is 0 Å². The fraction of sp³-hybridized carbons (Fsp3) is 0.647. The molecule has 2 amide bonds. The SMILES string of the molecule is CCOCCN1CCN(C(=O)Nc2ccncc2C)CC1CC. The average molecular weight is 320 g/mol. The number of anilines is 1. The van der Waals surface area contributed by atoms with Gasteiger partial charge in [-0.25, -0.2) is 4.79 Å². The van der Waals surface area contributed by atoms with E-state index in [1.54, 1.807) is 12.4 Å². The van der Waals surface area contributed by atoms with E-state index in [9.17, 15) is 4.79 Å². The maximum atomic E-state index is 12.5. The Balaban J connectivity index is 1.89. The summed E-state index contributed by atoms with van der Waals surface area (Å²) in [5.41, 5.74) is 1.81. The Morgan fingerprint density at radius 3 is 2.96 bits per heavy atom. The van der Waals surface area contributed by atoms with E-state index < -0.39 is 0 Å². The Morgan fingerprint density at radius 2 is 2.26 bits per heavy atom. The first-order valence-corrected chi connectivity index (χ1v) is 8.44. The van der Waals surface area contributed by atoms with E-state index in [1.807, 2.05) is 24.8 Å². The number of hydrogen-bond acceptors (Lipinski definition) is 4. The van der Waals surface area contributed by atoms with Crippen molar-refractivity contribution in [1.29, 1.82) is 0 Å². The van der Waals surface area contributed by atoms with E-state index in [1.165, 1.54) is 0 Å². The fourth-order valence-electron chi connectivity index (χ4n) is 2.89. The molecule has 1 atom stereocenters. The highest BCUT2D eigenvalue weighted by Crippen LogP contribution is 2.16. The number of carbonyl (C=O) groups excluding carboxylic acids is 1. The Bertz CT molecular complexity index is 509. The third-order valence-corrected chi connectivity index (χ3v) is 4.35. The third-order valence-electron chi connectivity index (χ3n) is 4.35. The Morgan fingerprint density at radius 1 is 1.43 bits per heavy atom. The second kappa shape index (κ2) is 8.84. The summed E-state index contributed by atoms with van der Waals surface area (Å²) in [6.07, 6.45) is 4.49. The van der Waals surface area contributed by atoms with Gasteiger partial charge in [-0.3, -0.25) is 9.88 Å². The van der Waals surface area contributed by atoms with E-state index in [0.29, 0.717) is 6.04 Å². The lowest BCUT2D eigenvalue weighted by atomic mass is 10.1. The first kappa shape index (κ1) is 17.7. The maximum absolute atomic E-state index is 12.5. The minimum absolute atomic E-state index is 0.0257. The average Bonchev–Trinajstić information content (AvgIpc) is 2.57. The molecule has 1 aromatic heterocycles. The number of carbonyl (C=O) groups is 1. The molecule has 1 unspecified atom stereocenters. The van der Waals surface area contributed by atoms with Crippen molar-refractivity contribution in [3.63, 3.8) is 0 Å². The van der Waals surface area contributed by atoms with Gasteiger partial charge in [0.1, 0.15) is 0 Å². The lowest BCUT2D eigenvalue weighted by Gasteiger charge is -2.41. The lowest BCUT2D eigenvalue weighted by Crippen LogP contribution is -2.56. The van der Waals surface area contributed by atoms with Gasteiger partial charge in [0.05, 0.1) is 6.61 Å². The first-order valence-electron chi connectivity index (χ1n) is 8.44. The number of ether oxygens (including phenoxy) is 1. The molecule has 0 bridgehead atoms. The van der Waals surface area contributed by atoms with Gasteiger partial charge >= 0.3 is 6.03 Å². The molecule has 0 radical (unpaired) electrons. The van der Waals surface area contributed by atoms with Gasteiger partial charge in [-0.15, -0.1) is 0 Å². The molecule has 6 nitrogen and oxygen atoms in total. The van der Waals surface area contributed by atoms with Crippen molar-refractivity contribution in [2.45, 2.75) is 33.2 Å².